The Balaban J connectivity index is 2.15. The molecule has 0 radical (unpaired) electrons. The molecule has 0 amide bonds. The number of H-pyrrole nitrogens is 1. The zero-order valence-corrected chi connectivity index (χ0v) is 9.68. The van der Waals surface area contributed by atoms with E-state index in [1.54, 1.807) is 0 Å². The molecule has 3 rings (SSSR count). The summed E-state index contributed by atoms with van der Waals surface area (Å²) in [5, 5.41) is 22.5. The van der Waals surface area contributed by atoms with E-state index in [0.717, 1.165) is 22.2 Å². The Kier molecular flexibility index (Phi) is 2.57. The molecule has 18 heavy (non-hydrogen) atoms. The van der Waals surface area contributed by atoms with Crippen LogP contribution in [0.2, 0.25) is 0 Å². The lowest BCUT2D eigenvalue weighted by Gasteiger charge is -2.27. The average Bonchev–Trinajstić information content (AvgIpc) is 2.76. The molecule has 2 aromatic rings. The van der Waals surface area contributed by atoms with Crippen LogP contribution < -0.4 is 5.32 Å². The minimum atomic E-state index is -0.885. The van der Waals surface area contributed by atoms with E-state index >= 15 is 0 Å². The summed E-state index contributed by atoms with van der Waals surface area (Å²) < 4.78 is 0. The fourth-order valence-electron chi connectivity index (χ4n) is 2.63. The van der Waals surface area contributed by atoms with Gasteiger partial charge in [0.2, 0.25) is 0 Å². The largest absolute Gasteiger partial charge is 0.480 e. The Hall–Kier alpha value is -1.85. The molecule has 1 aromatic carbocycles. The number of aliphatic carboxylic acids is 1. The molecule has 0 bridgehead atoms. The summed E-state index contributed by atoms with van der Waals surface area (Å²) in [7, 11) is 0. The van der Waals surface area contributed by atoms with E-state index in [1.807, 2.05) is 24.3 Å². The van der Waals surface area contributed by atoms with Crippen LogP contribution in [0, 0.1) is 0 Å². The summed E-state index contributed by atoms with van der Waals surface area (Å²) in [4.78, 5) is 14.4. The summed E-state index contributed by atoms with van der Waals surface area (Å²) in [6.07, 6.45) is 0.436. The topological polar surface area (TPSA) is 85.3 Å². The van der Waals surface area contributed by atoms with Crippen molar-refractivity contribution in [3.05, 3.63) is 35.5 Å². The monoisotopic (exact) mass is 246 g/mol. The van der Waals surface area contributed by atoms with Gasteiger partial charge in [0.05, 0.1) is 12.6 Å². The minimum Gasteiger partial charge on any atom is -0.480 e. The normalized spacial score (nSPS) is 22.9. The Morgan fingerprint density at radius 3 is 2.89 bits per heavy atom. The lowest BCUT2D eigenvalue weighted by molar-refractivity contribution is -0.140. The number of carboxylic acid groups (broad SMARTS) is 1. The summed E-state index contributed by atoms with van der Waals surface area (Å²) in [6, 6.07) is 6.81. The van der Waals surface area contributed by atoms with Crippen molar-refractivity contribution >= 4 is 16.9 Å². The van der Waals surface area contributed by atoms with Gasteiger partial charge in [0.15, 0.2) is 0 Å². The number of hydrogen-bond acceptors (Lipinski definition) is 3. The van der Waals surface area contributed by atoms with Gasteiger partial charge in [0.25, 0.3) is 0 Å². The second kappa shape index (κ2) is 4.12. The molecule has 0 fully saturated rings. The van der Waals surface area contributed by atoms with E-state index in [1.165, 1.54) is 0 Å². The molecule has 0 aliphatic carbocycles. The van der Waals surface area contributed by atoms with Gasteiger partial charge in [-0.25, -0.2) is 0 Å². The van der Waals surface area contributed by atoms with Crippen molar-refractivity contribution < 1.29 is 15.0 Å². The zero-order chi connectivity index (χ0) is 12.7. The maximum Gasteiger partial charge on any atom is 0.321 e. The zero-order valence-electron chi connectivity index (χ0n) is 9.68. The molecule has 4 N–H and O–H groups in total. The van der Waals surface area contributed by atoms with Crippen molar-refractivity contribution in [1.82, 2.24) is 10.3 Å². The molecule has 5 heteroatoms. The number of fused-ring (bicyclic) bond motifs is 3. The molecule has 0 saturated carbocycles. The number of aromatic nitrogens is 1. The first kappa shape index (κ1) is 11.3. The number of aliphatic hydroxyl groups excluding tert-OH is 1. The van der Waals surface area contributed by atoms with E-state index < -0.39 is 12.0 Å². The van der Waals surface area contributed by atoms with Gasteiger partial charge in [-0.15, -0.1) is 0 Å². The highest BCUT2D eigenvalue weighted by atomic mass is 16.4. The number of aliphatic hydroxyl groups is 1. The van der Waals surface area contributed by atoms with Gasteiger partial charge >= 0.3 is 5.97 Å². The molecule has 2 atom stereocenters. The first-order chi connectivity index (χ1) is 8.70. The van der Waals surface area contributed by atoms with Gasteiger partial charge in [-0.1, -0.05) is 18.2 Å². The first-order valence-electron chi connectivity index (χ1n) is 5.90. The molecule has 0 saturated heterocycles. The maximum absolute atomic E-state index is 11.1. The van der Waals surface area contributed by atoms with Crippen molar-refractivity contribution in [2.45, 2.75) is 18.5 Å². The first-order valence-corrected chi connectivity index (χ1v) is 5.90. The standard InChI is InChI=1S/C13H14N2O3/c16-6-11-12-8(5-10(14-11)13(17)18)7-3-1-2-4-9(7)15-12/h1-4,10-11,14-16H,5-6H2,(H,17,18)/t10-,11+/m1/s1. The predicted octanol–water partition coefficient (Wildman–Crippen LogP) is 0.800. The summed E-state index contributed by atoms with van der Waals surface area (Å²) in [6.45, 7) is -0.121. The molecule has 5 nitrogen and oxygen atoms in total. The highest BCUT2D eigenvalue weighted by molar-refractivity contribution is 5.86. The van der Waals surface area contributed by atoms with E-state index in [2.05, 4.69) is 10.3 Å². The van der Waals surface area contributed by atoms with Crippen LogP contribution in [0.25, 0.3) is 10.9 Å². The third-order valence-electron chi connectivity index (χ3n) is 3.49. The maximum atomic E-state index is 11.1. The fraction of sp³-hybridized carbons (Fsp3) is 0.308. The van der Waals surface area contributed by atoms with Crippen LogP contribution in [0.1, 0.15) is 17.3 Å². The molecule has 1 aromatic heterocycles. The smallest absolute Gasteiger partial charge is 0.321 e. The van der Waals surface area contributed by atoms with Crippen LogP contribution in [0.3, 0.4) is 0 Å². The average molecular weight is 246 g/mol. The van der Waals surface area contributed by atoms with E-state index in [4.69, 9.17) is 5.11 Å². The van der Waals surface area contributed by atoms with Crippen molar-refractivity contribution in [2.75, 3.05) is 6.61 Å². The number of hydrogen-bond donors (Lipinski definition) is 4. The van der Waals surface area contributed by atoms with Crippen molar-refractivity contribution in [1.29, 1.82) is 0 Å². The van der Waals surface area contributed by atoms with Crippen LogP contribution >= 0.6 is 0 Å². The van der Waals surface area contributed by atoms with Crippen LogP contribution in [0.15, 0.2) is 24.3 Å². The predicted molar refractivity (Wildman–Crippen MR) is 66.4 cm³/mol. The number of para-hydroxylation sites is 1. The summed E-state index contributed by atoms with van der Waals surface area (Å²) in [5.41, 5.74) is 2.88. The number of nitrogens with one attached hydrogen (secondary N) is 2. The number of carbonyl (C=O) groups is 1. The summed E-state index contributed by atoms with van der Waals surface area (Å²) in [5.74, 6) is -0.885. The second-order valence-electron chi connectivity index (χ2n) is 4.56. The quantitative estimate of drug-likeness (QED) is 0.631. The van der Waals surface area contributed by atoms with Gasteiger partial charge < -0.3 is 15.2 Å². The van der Waals surface area contributed by atoms with Gasteiger partial charge in [0, 0.05) is 23.0 Å². The van der Waals surface area contributed by atoms with Crippen LogP contribution in [0.5, 0.6) is 0 Å². The molecular formula is C13H14N2O3. The van der Waals surface area contributed by atoms with Crippen LogP contribution in [-0.4, -0.2) is 33.8 Å². The molecule has 2 heterocycles. The SMILES string of the molecule is O=C(O)[C@H]1Cc2c([nH]c3ccccc23)[C@H](CO)N1. The van der Waals surface area contributed by atoms with E-state index in [-0.39, 0.29) is 12.6 Å². The van der Waals surface area contributed by atoms with Crippen molar-refractivity contribution in [3.63, 3.8) is 0 Å². The highest BCUT2D eigenvalue weighted by Gasteiger charge is 2.32. The Labute approximate surface area is 103 Å². The molecule has 0 spiro atoms. The molecular weight excluding hydrogens is 232 g/mol. The van der Waals surface area contributed by atoms with Crippen molar-refractivity contribution in [2.24, 2.45) is 0 Å². The Bertz CT molecular complexity index is 605. The second-order valence-corrected chi connectivity index (χ2v) is 4.56. The van der Waals surface area contributed by atoms with Gasteiger partial charge in [-0.05, 0) is 11.6 Å². The number of aromatic amines is 1. The van der Waals surface area contributed by atoms with Gasteiger partial charge in [0.1, 0.15) is 6.04 Å². The van der Waals surface area contributed by atoms with Gasteiger partial charge in [-0.3, -0.25) is 10.1 Å². The van der Waals surface area contributed by atoms with E-state index in [0.29, 0.717) is 6.42 Å². The molecule has 1 aliphatic rings. The fourth-order valence-corrected chi connectivity index (χ4v) is 2.63. The highest BCUT2D eigenvalue weighted by Crippen LogP contribution is 2.31. The number of benzene rings is 1. The molecule has 1 aliphatic heterocycles. The number of carboxylic acids is 1. The molecule has 94 valence electrons. The van der Waals surface area contributed by atoms with Crippen LogP contribution in [0.4, 0.5) is 0 Å². The van der Waals surface area contributed by atoms with Crippen LogP contribution in [-0.2, 0) is 11.2 Å². The third-order valence-corrected chi connectivity index (χ3v) is 3.49. The Morgan fingerprint density at radius 2 is 2.17 bits per heavy atom. The lowest BCUT2D eigenvalue weighted by Crippen LogP contribution is -2.45. The van der Waals surface area contributed by atoms with Crippen molar-refractivity contribution in [3.8, 4) is 0 Å². The number of rotatable bonds is 2. The van der Waals surface area contributed by atoms with E-state index in [9.17, 15) is 9.90 Å². The molecule has 0 unspecified atom stereocenters. The summed E-state index contributed by atoms with van der Waals surface area (Å²) >= 11 is 0. The Morgan fingerprint density at radius 1 is 1.39 bits per heavy atom. The van der Waals surface area contributed by atoms with Gasteiger partial charge in [-0.2, -0.15) is 0 Å². The lowest BCUT2D eigenvalue weighted by atomic mass is 9.94. The minimum absolute atomic E-state index is 0.121. The third kappa shape index (κ3) is 1.60.